The van der Waals surface area contributed by atoms with Gasteiger partial charge in [0, 0.05) is 37.4 Å². The fourth-order valence-corrected chi connectivity index (χ4v) is 9.95. The minimum atomic E-state index is -1.38. The minimum Gasteiger partial charge on any atom is -0.501 e. The maximum absolute atomic E-state index is 6.38. The zero-order valence-corrected chi connectivity index (χ0v) is 40.5. The molecule has 1 radical (unpaired) electrons. The second-order valence-corrected chi connectivity index (χ2v) is 23.6. The van der Waals surface area contributed by atoms with Gasteiger partial charge in [-0.25, -0.2) is 0 Å². The first-order valence-electron chi connectivity index (χ1n) is 21.2. The van der Waals surface area contributed by atoms with Gasteiger partial charge < -0.3 is 14.0 Å². The van der Waals surface area contributed by atoms with E-state index in [2.05, 4.69) is 188 Å². The van der Waals surface area contributed by atoms with E-state index in [0.717, 1.165) is 67.7 Å². The number of aromatic nitrogens is 3. The molecule has 0 saturated carbocycles. The summed E-state index contributed by atoms with van der Waals surface area (Å²) in [4.78, 5) is 9.89. The van der Waals surface area contributed by atoms with Crippen molar-refractivity contribution in [2.45, 2.75) is 79.9 Å². The van der Waals surface area contributed by atoms with Crippen molar-refractivity contribution in [1.82, 2.24) is 14.5 Å². The number of pyridine rings is 1. The normalized spacial score (nSPS) is 11.9. The smallest absolute Gasteiger partial charge is 0.120 e. The molecule has 0 fully saturated rings. The molecule has 0 bridgehead atoms. The monoisotopic (exact) mass is 994 g/mol. The Labute approximate surface area is 376 Å². The molecule has 0 aliphatic heterocycles. The van der Waals surface area contributed by atoms with E-state index < -0.39 is 8.07 Å². The van der Waals surface area contributed by atoms with Gasteiger partial charge in [-0.05, 0) is 95.1 Å². The molecule has 3 heterocycles. The van der Waals surface area contributed by atoms with E-state index in [-0.39, 0.29) is 25.5 Å². The summed E-state index contributed by atoms with van der Waals surface area (Å²) in [6, 6.07) is 51.3. The molecule has 9 aromatic rings. The van der Waals surface area contributed by atoms with Crippen LogP contribution in [0, 0.1) is 31.9 Å². The van der Waals surface area contributed by atoms with Crippen molar-refractivity contribution in [2.75, 3.05) is 0 Å². The SMILES string of the molecule is CC(C)Cc1cc(-c2[c-]cc(C(C)(C)C)cc2)ncc1[Si](C)(C)C.Cc1cc(-c2ccccc2)cc(C)c1-n1c(-c2[c-]ccc3c2oc2ccccc23)nc2ccccc21.[Ir]. The molecule has 61 heavy (non-hydrogen) atoms. The quantitative estimate of drug-likeness (QED) is 0.118. The van der Waals surface area contributed by atoms with E-state index in [1.165, 1.54) is 38.6 Å². The molecule has 0 spiro atoms. The van der Waals surface area contributed by atoms with Crippen LogP contribution in [0.1, 0.15) is 56.9 Å². The molecule has 0 aliphatic rings. The first-order valence-corrected chi connectivity index (χ1v) is 24.7. The van der Waals surface area contributed by atoms with Gasteiger partial charge in [0.15, 0.2) is 0 Å². The Balaban J connectivity index is 0.000000197. The van der Waals surface area contributed by atoms with Crippen molar-refractivity contribution >= 4 is 46.2 Å². The zero-order valence-electron chi connectivity index (χ0n) is 37.1. The van der Waals surface area contributed by atoms with Gasteiger partial charge >= 0.3 is 0 Å². The van der Waals surface area contributed by atoms with E-state index >= 15 is 0 Å². The number of fused-ring (bicyclic) bond motifs is 4. The molecule has 0 atom stereocenters. The van der Waals surface area contributed by atoms with Gasteiger partial charge in [-0.15, -0.1) is 53.6 Å². The van der Waals surface area contributed by atoms with Crippen molar-refractivity contribution < 1.29 is 24.5 Å². The number of rotatable bonds is 7. The summed E-state index contributed by atoms with van der Waals surface area (Å²) in [7, 11) is -1.38. The molecule has 0 aliphatic carbocycles. The number of imidazole rings is 1. The molecule has 4 nitrogen and oxygen atoms in total. The van der Waals surface area contributed by atoms with Gasteiger partial charge in [0.25, 0.3) is 0 Å². The van der Waals surface area contributed by atoms with Gasteiger partial charge in [-0.1, -0.05) is 138 Å². The van der Waals surface area contributed by atoms with Crippen molar-refractivity contribution in [3.05, 3.63) is 168 Å². The third kappa shape index (κ3) is 9.00. The largest absolute Gasteiger partial charge is 0.501 e. The Morgan fingerprint density at radius 3 is 2.11 bits per heavy atom. The molecule has 0 saturated heterocycles. The van der Waals surface area contributed by atoms with Crippen LogP contribution in [0.5, 0.6) is 0 Å². The van der Waals surface area contributed by atoms with Crippen LogP contribution < -0.4 is 5.19 Å². The van der Waals surface area contributed by atoms with Gasteiger partial charge in [0.2, 0.25) is 0 Å². The molecule has 0 N–H and O–H groups in total. The summed E-state index contributed by atoms with van der Waals surface area (Å²) in [5.74, 6) is 1.49. The first-order chi connectivity index (χ1) is 28.7. The number of furan rings is 1. The van der Waals surface area contributed by atoms with Crippen LogP contribution in [-0.4, -0.2) is 22.6 Å². The van der Waals surface area contributed by atoms with E-state index in [4.69, 9.17) is 14.4 Å². The van der Waals surface area contributed by atoms with Crippen LogP contribution in [0.15, 0.2) is 138 Å². The number of hydrogen-bond acceptors (Lipinski definition) is 3. The molecule has 9 rings (SSSR count). The summed E-state index contributed by atoms with van der Waals surface area (Å²) in [5, 5.41) is 3.67. The van der Waals surface area contributed by atoms with Crippen molar-refractivity contribution in [2.24, 2.45) is 5.92 Å². The molecule has 6 aromatic carbocycles. The predicted molar refractivity (Wildman–Crippen MR) is 256 cm³/mol. The van der Waals surface area contributed by atoms with E-state index in [9.17, 15) is 0 Å². The Morgan fingerprint density at radius 1 is 0.754 bits per heavy atom. The van der Waals surface area contributed by atoms with E-state index in [1.54, 1.807) is 0 Å². The van der Waals surface area contributed by atoms with Crippen LogP contribution in [0.3, 0.4) is 0 Å². The van der Waals surface area contributed by atoms with E-state index in [0.29, 0.717) is 5.92 Å². The van der Waals surface area contributed by atoms with Crippen molar-refractivity contribution in [3.8, 4) is 39.5 Å². The second kappa shape index (κ2) is 17.5. The van der Waals surface area contributed by atoms with Gasteiger partial charge in [-0.2, -0.15) is 0 Å². The van der Waals surface area contributed by atoms with Crippen LogP contribution >= 0.6 is 0 Å². The average Bonchev–Trinajstić information content (AvgIpc) is 3.79. The summed E-state index contributed by atoms with van der Waals surface area (Å²) < 4.78 is 8.65. The number of benzene rings is 6. The Bertz CT molecular complexity index is 2940. The Kier molecular flexibility index (Phi) is 12.6. The predicted octanol–water partition coefficient (Wildman–Crippen LogP) is 14.3. The standard InChI is InChI=1S/C33H23N2O.C22H32NSi.Ir/c1-21-19-24(23-11-4-3-5-12-23)20-22(2)31(21)35-29-17-8-7-16-28(29)34-33(35)27-15-10-14-26-25-13-6-9-18-30(25)36-32(26)27;1-16(2)13-18-14-20(23-15-21(18)24(6,7)8)17-9-11-19(12-10-17)22(3,4)5;/h3-14,16-20H,1-2H3;9,11-12,14-16H,13H2,1-8H3;/q2*-1;. The topological polar surface area (TPSA) is 43.9 Å². The molecule has 3 aromatic heterocycles. The van der Waals surface area contributed by atoms with Crippen molar-refractivity contribution in [3.63, 3.8) is 0 Å². The zero-order chi connectivity index (χ0) is 42.3. The van der Waals surface area contributed by atoms with E-state index in [1.807, 2.05) is 30.3 Å². The third-order valence-corrected chi connectivity index (χ3v) is 13.4. The average molecular weight is 994 g/mol. The number of para-hydroxylation sites is 3. The van der Waals surface area contributed by atoms with Gasteiger partial charge in [0.05, 0.1) is 30.5 Å². The van der Waals surface area contributed by atoms with Crippen molar-refractivity contribution in [1.29, 1.82) is 0 Å². The fraction of sp³-hybridized carbons (Fsp3) is 0.236. The molecular formula is C55H55IrN3OSi-2. The van der Waals surface area contributed by atoms with Crippen LogP contribution in [0.25, 0.3) is 72.4 Å². The Hall–Kier alpha value is -5.39. The minimum absolute atomic E-state index is 0. The number of aryl methyl sites for hydroxylation is 2. The molecule has 0 unspecified atom stereocenters. The summed E-state index contributed by atoms with van der Waals surface area (Å²) in [6.45, 7) is 22.8. The van der Waals surface area contributed by atoms with Crippen LogP contribution in [0.2, 0.25) is 19.6 Å². The van der Waals surface area contributed by atoms with Crippen LogP contribution in [-0.2, 0) is 31.9 Å². The molecule has 6 heteroatoms. The molecule has 311 valence electrons. The van der Waals surface area contributed by atoms with Gasteiger partial charge in [0.1, 0.15) is 5.58 Å². The summed E-state index contributed by atoms with van der Waals surface area (Å²) >= 11 is 0. The number of hydrogen-bond donors (Lipinski definition) is 0. The summed E-state index contributed by atoms with van der Waals surface area (Å²) in [6.07, 6.45) is 3.25. The molecular weight excluding hydrogens is 939 g/mol. The first kappa shape index (κ1) is 43.7. The van der Waals surface area contributed by atoms with Crippen LogP contribution in [0.4, 0.5) is 0 Å². The molecule has 0 amide bonds. The Morgan fingerprint density at radius 2 is 1.44 bits per heavy atom. The number of nitrogens with zero attached hydrogens (tertiary/aromatic N) is 3. The fourth-order valence-electron chi connectivity index (χ4n) is 8.36. The van der Waals surface area contributed by atoms with Gasteiger partial charge in [-0.3, -0.25) is 4.98 Å². The maximum atomic E-state index is 6.38. The second-order valence-electron chi connectivity index (χ2n) is 18.6. The summed E-state index contributed by atoms with van der Waals surface area (Å²) in [5.41, 5.74) is 15.6. The third-order valence-electron chi connectivity index (χ3n) is 11.3. The maximum Gasteiger partial charge on any atom is 0.120 e.